The van der Waals surface area contributed by atoms with Crippen molar-refractivity contribution in [3.05, 3.63) is 64.9 Å². The maximum atomic E-state index is 12.2. The van der Waals surface area contributed by atoms with E-state index in [0.29, 0.717) is 11.6 Å². The van der Waals surface area contributed by atoms with E-state index in [4.69, 9.17) is 11.6 Å². The van der Waals surface area contributed by atoms with Gasteiger partial charge < -0.3 is 5.32 Å². The standard InChI is InChI=1S/C18H21ClN6O2S/c1-20-18(23-28(26,27)24(2)3)25-12-16(14-5-4-10-21-11-14)17(22-25)13-6-8-15(19)9-7-13/h4-11,16H,12H2,1-3H3,(H,20,23). The fourth-order valence-electron chi connectivity index (χ4n) is 2.77. The normalized spacial score (nSPS) is 17.8. The molecule has 1 unspecified atom stereocenters. The molecule has 0 spiro atoms. The van der Waals surface area contributed by atoms with Gasteiger partial charge in [-0.15, -0.1) is 4.40 Å². The van der Waals surface area contributed by atoms with Gasteiger partial charge in [-0.25, -0.2) is 5.01 Å². The molecule has 2 heterocycles. The molecule has 3 rings (SSSR count). The number of pyridine rings is 1. The largest absolute Gasteiger partial charge is 0.357 e. The van der Waals surface area contributed by atoms with Gasteiger partial charge in [0.1, 0.15) is 0 Å². The number of hydrogen-bond donors (Lipinski definition) is 1. The fourth-order valence-corrected chi connectivity index (χ4v) is 3.46. The van der Waals surface area contributed by atoms with Crippen molar-refractivity contribution in [2.45, 2.75) is 5.92 Å². The van der Waals surface area contributed by atoms with Crippen LogP contribution in [0.25, 0.3) is 0 Å². The van der Waals surface area contributed by atoms with Crippen molar-refractivity contribution in [3.63, 3.8) is 0 Å². The van der Waals surface area contributed by atoms with Crippen LogP contribution in [-0.2, 0) is 10.2 Å². The minimum absolute atomic E-state index is 0.101. The Kier molecular flexibility index (Phi) is 5.97. The molecule has 28 heavy (non-hydrogen) atoms. The molecule has 10 heteroatoms. The van der Waals surface area contributed by atoms with Crippen LogP contribution >= 0.6 is 11.6 Å². The second-order valence-electron chi connectivity index (χ2n) is 6.34. The lowest BCUT2D eigenvalue weighted by atomic mass is 9.92. The molecule has 2 aromatic rings. The topological polar surface area (TPSA) is 90.3 Å². The zero-order valence-electron chi connectivity index (χ0n) is 15.7. The minimum atomic E-state index is -3.80. The SMILES string of the molecule is CN/C(=N\S(=O)(=O)N(C)C)N1CC(c2cccnc2)C(c2ccc(Cl)cc2)=N1. The first-order valence-corrected chi connectivity index (χ1v) is 10.3. The molecule has 0 bridgehead atoms. The molecule has 1 aliphatic rings. The van der Waals surface area contributed by atoms with Gasteiger partial charge in [-0.3, -0.25) is 4.98 Å². The Morgan fingerprint density at radius 1 is 1.29 bits per heavy atom. The Morgan fingerprint density at radius 2 is 2.00 bits per heavy atom. The predicted octanol–water partition coefficient (Wildman–Crippen LogP) is 1.92. The molecular weight excluding hydrogens is 400 g/mol. The van der Waals surface area contributed by atoms with Gasteiger partial charge in [0, 0.05) is 44.5 Å². The molecule has 1 aliphatic heterocycles. The van der Waals surface area contributed by atoms with E-state index in [1.165, 1.54) is 14.1 Å². The monoisotopic (exact) mass is 420 g/mol. The lowest BCUT2D eigenvalue weighted by molar-refractivity contribution is 0.458. The van der Waals surface area contributed by atoms with Crippen molar-refractivity contribution in [3.8, 4) is 0 Å². The highest BCUT2D eigenvalue weighted by Gasteiger charge is 2.32. The number of guanidine groups is 1. The van der Waals surface area contributed by atoms with Gasteiger partial charge in [-0.1, -0.05) is 29.8 Å². The summed E-state index contributed by atoms with van der Waals surface area (Å²) in [6, 6.07) is 11.2. The zero-order valence-corrected chi connectivity index (χ0v) is 17.3. The molecule has 1 aromatic carbocycles. The molecule has 1 aromatic heterocycles. The van der Waals surface area contributed by atoms with E-state index >= 15 is 0 Å². The summed E-state index contributed by atoms with van der Waals surface area (Å²) in [5, 5.41) is 9.69. The number of rotatable bonds is 4. The molecule has 0 fully saturated rings. The lowest BCUT2D eigenvalue weighted by Crippen LogP contribution is -2.37. The van der Waals surface area contributed by atoms with Gasteiger partial charge >= 0.3 is 10.2 Å². The summed E-state index contributed by atoms with van der Waals surface area (Å²) in [5.74, 6) is 0.0436. The number of aromatic nitrogens is 1. The van der Waals surface area contributed by atoms with Crippen LogP contribution < -0.4 is 5.32 Å². The Hall–Kier alpha value is -2.49. The second kappa shape index (κ2) is 8.26. The Balaban J connectivity index is 2.04. The molecule has 0 saturated heterocycles. The summed E-state index contributed by atoms with van der Waals surface area (Å²) >= 11 is 6.01. The van der Waals surface area contributed by atoms with Gasteiger partial charge in [-0.2, -0.15) is 17.8 Å². The lowest BCUT2D eigenvalue weighted by Gasteiger charge is -2.18. The molecule has 0 radical (unpaired) electrons. The van der Waals surface area contributed by atoms with Crippen molar-refractivity contribution in [2.75, 3.05) is 27.7 Å². The van der Waals surface area contributed by atoms with Crippen LogP contribution in [0.3, 0.4) is 0 Å². The van der Waals surface area contributed by atoms with E-state index in [0.717, 1.165) is 21.1 Å². The predicted molar refractivity (Wildman–Crippen MR) is 111 cm³/mol. The fraction of sp³-hybridized carbons (Fsp3) is 0.278. The van der Waals surface area contributed by atoms with E-state index in [9.17, 15) is 8.42 Å². The molecule has 0 saturated carbocycles. The van der Waals surface area contributed by atoms with E-state index < -0.39 is 10.2 Å². The third-order valence-corrected chi connectivity index (χ3v) is 5.85. The summed E-state index contributed by atoms with van der Waals surface area (Å²) in [4.78, 5) is 4.20. The van der Waals surface area contributed by atoms with Crippen LogP contribution in [-0.4, -0.2) is 62.1 Å². The van der Waals surface area contributed by atoms with Crippen LogP contribution in [0.5, 0.6) is 0 Å². The third-order valence-electron chi connectivity index (χ3n) is 4.27. The molecule has 8 nitrogen and oxygen atoms in total. The summed E-state index contributed by atoms with van der Waals surface area (Å²) in [6.07, 6.45) is 3.49. The smallest absolute Gasteiger partial charge is 0.325 e. The number of benzene rings is 1. The van der Waals surface area contributed by atoms with E-state index in [1.807, 2.05) is 24.3 Å². The van der Waals surface area contributed by atoms with Crippen molar-refractivity contribution >= 4 is 33.5 Å². The van der Waals surface area contributed by atoms with Gasteiger partial charge in [0.2, 0.25) is 5.96 Å². The Labute approximate surface area is 169 Å². The first-order valence-electron chi connectivity index (χ1n) is 8.54. The first kappa shape index (κ1) is 20.2. The average Bonchev–Trinajstić information content (AvgIpc) is 3.12. The van der Waals surface area contributed by atoms with E-state index in [2.05, 4.69) is 19.8 Å². The number of nitrogens with one attached hydrogen (secondary N) is 1. The molecular formula is C18H21ClN6O2S. The van der Waals surface area contributed by atoms with E-state index in [1.54, 1.807) is 36.6 Å². The Bertz CT molecular complexity index is 990. The van der Waals surface area contributed by atoms with Crippen LogP contribution in [0.2, 0.25) is 5.02 Å². The van der Waals surface area contributed by atoms with Crippen molar-refractivity contribution in [1.82, 2.24) is 19.6 Å². The van der Waals surface area contributed by atoms with Crippen molar-refractivity contribution in [2.24, 2.45) is 9.50 Å². The van der Waals surface area contributed by atoms with Crippen LogP contribution in [0.4, 0.5) is 0 Å². The van der Waals surface area contributed by atoms with Crippen molar-refractivity contribution in [1.29, 1.82) is 0 Å². The minimum Gasteiger partial charge on any atom is -0.357 e. The summed E-state index contributed by atoms with van der Waals surface area (Å²) in [5.41, 5.74) is 2.66. The molecule has 1 atom stereocenters. The quantitative estimate of drug-likeness (QED) is 0.602. The molecule has 1 N–H and O–H groups in total. The summed E-state index contributed by atoms with van der Waals surface area (Å²) in [7, 11) is 0.666. The van der Waals surface area contributed by atoms with Crippen LogP contribution in [0.15, 0.2) is 58.3 Å². The number of nitrogens with zero attached hydrogens (tertiary/aromatic N) is 5. The first-order chi connectivity index (χ1) is 13.3. The maximum absolute atomic E-state index is 12.2. The average molecular weight is 421 g/mol. The third kappa shape index (κ3) is 4.32. The number of hydrogen-bond acceptors (Lipinski definition) is 4. The second-order valence-corrected chi connectivity index (χ2v) is 8.58. The van der Waals surface area contributed by atoms with Gasteiger partial charge in [0.05, 0.1) is 12.3 Å². The van der Waals surface area contributed by atoms with Crippen LogP contribution in [0.1, 0.15) is 17.0 Å². The number of hydrazone groups is 1. The summed E-state index contributed by atoms with van der Waals surface area (Å²) in [6.45, 7) is 0.423. The molecule has 148 valence electrons. The van der Waals surface area contributed by atoms with Crippen molar-refractivity contribution < 1.29 is 8.42 Å². The van der Waals surface area contributed by atoms with Gasteiger partial charge in [0.15, 0.2) is 0 Å². The highest BCUT2D eigenvalue weighted by atomic mass is 35.5. The Morgan fingerprint density at radius 3 is 2.57 bits per heavy atom. The maximum Gasteiger partial charge on any atom is 0.325 e. The van der Waals surface area contributed by atoms with Crippen LogP contribution in [0, 0.1) is 0 Å². The summed E-state index contributed by atoms with van der Waals surface area (Å²) < 4.78 is 29.3. The van der Waals surface area contributed by atoms with Gasteiger partial charge in [0.25, 0.3) is 0 Å². The highest BCUT2D eigenvalue weighted by molar-refractivity contribution is 7.87. The highest BCUT2D eigenvalue weighted by Crippen LogP contribution is 2.29. The number of halogens is 1. The zero-order chi connectivity index (χ0) is 20.3. The molecule has 0 amide bonds. The molecule has 0 aliphatic carbocycles. The van der Waals surface area contributed by atoms with Gasteiger partial charge in [-0.05, 0) is 29.3 Å². The van der Waals surface area contributed by atoms with E-state index in [-0.39, 0.29) is 11.9 Å².